The normalized spacial score (nSPS) is 17.0. The molecule has 0 spiro atoms. The number of likely N-dealkylation sites (N-methyl/N-ethyl adjacent to an activating group) is 1. The summed E-state index contributed by atoms with van der Waals surface area (Å²) in [5.41, 5.74) is -0.0729. The second kappa shape index (κ2) is 7.36. The predicted octanol–water partition coefficient (Wildman–Crippen LogP) is 3.54. The first-order valence-electron chi connectivity index (χ1n) is 7.82. The van der Waals surface area contributed by atoms with Crippen molar-refractivity contribution < 1.29 is 9.26 Å². The van der Waals surface area contributed by atoms with Gasteiger partial charge in [0.15, 0.2) is 0 Å². The molecule has 1 aromatic rings. The molecule has 0 saturated heterocycles. The molecule has 1 rings (SSSR count). The molecule has 122 valence electrons. The maximum Gasteiger partial charge on any atom is 0.231 e. The van der Waals surface area contributed by atoms with Gasteiger partial charge in [0.25, 0.3) is 0 Å². The van der Waals surface area contributed by atoms with Crippen molar-refractivity contribution in [3.05, 3.63) is 11.7 Å². The van der Waals surface area contributed by atoms with E-state index in [1.165, 1.54) is 0 Å². The lowest BCUT2D eigenvalue weighted by molar-refractivity contribution is 0.00718. The van der Waals surface area contributed by atoms with Gasteiger partial charge in [0, 0.05) is 13.2 Å². The zero-order valence-electron chi connectivity index (χ0n) is 14.7. The highest BCUT2D eigenvalue weighted by Crippen LogP contribution is 2.35. The summed E-state index contributed by atoms with van der Waals surface area (Å²) >= 11 is 0. The molecule has 1 aromatic heterocycles. The van der Waals surface area contributed by atoms with E-state index >= 15 is 0 Å². The van der Waals surface area contributed by atoms with Crippen LogP contribution in [0.25, 0.3) is 0 Å². The van der Waals surface area contributed by atoms with E-state index in [0.717, 1.165) is 6.54 Å². The third kappa shape index (κ3) is 4.51. The second-order valence-electron chi connectivity index (χ2n) is 7.09. The highest BCUT2D eigenvalue weighted by Gasteiger charge is 2.33. The van der Waals surface area contributed by atoms with Gasteiger partial charge >= 0.3 is 0 Å². The van der Waals surface area contributed by atoms with Crippen molar-refractivity contribution in [2.24, 2.45) is 11.3 Å². The van der Waals surface area contributed by atoms with Gasteiger partial charge in [-0.1, -0.05) is 46.7 Å². The fraction of sp³-hybridized carbons (Fsp3) is 0.875. The van der Waals surface area contributed by atoms with Crippen molar-refractivity contribution >= 4 is 0 Å². The monoisotopic (exact) mass is 297 g/mol. The van der Waals surface area contributed by atoms with Gasteiger partial charge in [-0.15, -0.1) is 0 Å². The number of ether oxygens (including phenoxy) is 1. The standard InChI is InChI=1S/C16H31N3O2/c1-9-17-11(4)12(10(2)3)15-18-14(19-21-15)13(20-8)16(5,6)7/h10-13,17H,9H2,1-8H3. The van der Waals surface area contributed by atoms with E-state index < -0.39 is 0 Å². The van der Waals surface area contributed by atoms with Crippen molar-refractivity contribution in [1.82, 2.24) is 15.5 Å². The number of methoxy groups -OCH3 is 1. The topological polar surface area (TPSA) is 60.2 Å². The van der Waals surface area contributed by atoms with E-state index in [-0.39, 0.29) is 17.4 Å². The molecule has 0 saturated carbocycles. The molecule has 3 unspecified atom stereocenters. The first-order valence-corrected chi connectivity index (χ1v) is 7.82. The van der Waals surface area contributed by atoms with Crippen molar-refractivity contribution in [1.29, 1.82) is 0 Å². The SMILES string of the molecule is CCNC(C)C(c1nc(C(OC)C(C)(C)C)no1)C(C)C. The van der Waals surface area contributed by atoms with Gasteiger partial charge in [0.2, 0.25) is 11.7 Å². The van der Waals surface area contributed by atoms with Gasteiger partial charge in [-0.05, 0) is 24.8 Å². The first kappa shape index (κ1) is 18.1. The van der Waals surface area contributed by atoms with Gasteiger partial charge in [0.05, 0.1) is 5.92 Å². The Morgan fingerprint density at radius 3 is 2.29 bits per heavy atom. The Labute approximate surface area is 128 Å². The molecule has 0 aliphatic heterocycles. The summed E-state index contributed by atoms with van der Waals surface area (Å²) in [7, 11) is 1.69. The molecular formula is C16H31N3O2. The highest BCUT2D eigenvalue weighted by atomic mass is 16.5. The molecule has 0 bridgehead atoms. The molecule has 5 nitrogen and oxygen atoms in total. The summed E-state index contributed by atoms with van der Waals surface area (Å²) in [4.78, 5) is 4.63. The summed E-state index contributed by atoms with van der Waals surface area (Å²) in [6, 6.07) is 0.291. The Balaban J connectivity index is 3.04. The number of rotatable bonds is 7. The Morgan fingerprint density at radius 2 is 1.86 bits per heavy atom. The molecule has 1 heterocycles. The second-order valence-corrected chi connectivity index (χ2v) is 7.09. The van der Waals surface area contributed by atoms with Gasteiger partial charge in [-0.25, -0.2) is 0 Å². The number of aromatic nitrogens is 2. The molecule has 3 atom stereocenters. The molecule has 5 heteroatoms. The van der Waals surface area contributed by atoms with Gasteiger partial charge in [-0.3, -0.25) is 0 Å². The third-order valence-corrected chi connectivity index (χ3v) is 3.78. The van der Waals surface area contributed by atoms with E-state index in [4.69, 9.17) is 9.26 Å². The van der Waals surface area contributed by atoms with Crippen molar-refractivity contribution in [2.75, 3.05) is 13.7 Å². The highest BCUT2D eigenvalue weighted by molar-refractivity contribution is 5.03. The van der Waals surface area contributed by atoms with Crippen LogP contribution >= 0.6 is 0 Å². The lowest BCUT2D eigenvalue weighted by Gasteiger charge is -2.26. The van der Waals surface area contributed by atoms with Crippen LogP contribution in [0, 0.1) is 11.3 Å². The molecule has 0 fully saturated rings. The summed E-state index contributed by atoms with van der Waals surface area (Å²) in [5, 5.41) is 7.61. The van der Waals surface area contributed by atoms with E-state index in [9.17, 15) is 0 Å². The Morgan fingerprint density at radius 1 is 1.24 bits per heavy atom. The van der Waals surface area contributed by atoms with Crippen molar-refractivity contribution in [3.8, 4) is 0 Å². The summed E-state index contributed by atoms with van der Waals surface area (Å²) in [6.45, 7) is 15.9. The molecule has 0 aliphatic carbocycles. The molecular weight excluding hydrogens is 266 g/mol. The minimum atomic E-state index is -0.169. The fourth-order valence-corrected chi connectivity index (χ4v) is 2.86. The van der Waals surface area contributed by atoms with Crippen LogP contribution in [0.15, 0.2) is 4.52 Å². The van der Waals surface area contributed by atoms with E-state index in [2.05, 4.69) is 63.9 Å². The average Bonchev–Trinajstić information content (AvgIpc) is 2.77. The molecule has 0 amide bonds. The van der Waals surface area contributed by atoms with Crippen LogP contribution in [-0.2, 0) is 4.74 Å². The number of hydrogen-bond donors (Lipinski definition) is 1. The van der Waals surface area contributed by atoms with Gasteiger partial charge in [0.1, 0.15) is 6.10 Å². The summed E-state index contributed by atoms with van der Waals surface area (Å²) in [5.74, 6) is 1.95. The zero-order chi connectivity index (χ0) is 16.2. The number of nitrogens with zero attached hydrogens (tertiary/aromatic N) is 2. The van der Waals surface area contributed by atoms with Crippen LogP contribution in [0.5, 0.6) is 0 Å². The first-order chi connectivity index (χ1) is 9.72. The molecule has 0 aromatic carbocycles. The lowest BCUT2D eigenvalue weighted by atomic mass is 9.88. The Kier molecular flexibility index (Phi) is 6.35. The van der Waals surface area contributed by atoms with Crippen molar-refractivity contribution in [2.45, 2.75) is 66.5 Å². The number of nitrogens with one attached hydrogen (secondary N) is 1. The minimum Gasteiger partial charge on any atom is -0.373 e. The predicted molar refractivity (Wildman–Crippen MR) is 84.2 cm³/mol. The third-order valence-electron chi connectivity index (χ3n) is 3.78. The molecule has 0 aliphatic rings. The maximum absolute atomic E-state index is 5.56. The minimum absolute atomic E-state index is 0.0729. The average molecular weight is 297 g/mol. The van der Waals surface area contributed by atoms with Gasteiger partial charge in [-0.2, -0.15) is 4.98 Å². The largest absolute Gasteiger partial charge is 0.373 e. The molecule has 0 radical (unpaired) electrons. The van der Waals surface area contributed by atoms with E-state index in [1.807, 2.05) is 0 Å². The maximum atomic E-state index is 5.56. The van der Waals surface area contributed by atoms with Crippen molar-refractivity contribution in [3.63, 3.8) is 0 Å². The summed E-state index contributed by atoms with van der Waals surface area (Å²) < 4.78 is 11.1. The van der Waals surface area contributed by atoms with Gasteiger partial charge < -0.3 is 14.6 Å². The zero-order valence-corrected chi connectivity index (χ0v) is 14.7. The van der Waals surface area contributed by atoms with Crippen LogP contribution in [0.3, 0.4) is 0 Å². The van der Waals surface area contributed by atoms with Crippen LogP contribution in [0.1, 0.15) is 72.2 Å². The van der Waals surface area contributed by atoms with Crippen LogP contribution in [-0.4, -0.2) is 29.8 Å². The smallest absolute Gasteiger partial charge is 0.231 e. The van der Waals surface area contributed by atoms with Crippen LogP contribution < -0.4 is 5.32 Å². The van der Waals surface area contributed by atoms with E-state index in [0.29, 0.717) is 23.7 Å². The number of hydrogen-bond acceptors (Lipinski definition) is 5. The Hall–Kier alpha value is -0.940. The van der Waals surface area contributed by atoms with Crippen LogP contribution in [0.2, 0.25) is 0 Å². The fourth-order valence-electron chi connectivity index (χ4n) is 2.86. The quantitative estimate of drug-likeness (QED) is 0.834. The molecule has 21 heavy (non-hydrogen) atoms. The lowest BCUT2D eigenvalue weighted by Crippen LogP contribution is -2.34. The Bertz CT molecular complexity index is 423. The van der Waals surface area contributed by atoms with Crippen LogP contribution in [0.4, 0.5) is 0 Å². The summed E-state index contributed by atoms with van der Waals surface area (Å²) in [6.07, 6.45) is -0.169. The molecule has 1 N–H and O–H groups in total. The van der Waals surface area contributed by atoms with E-state index in [1.54, 1.807) is 7.11 Å².